The first kappa shape index (κ1) is 14.6. The molecule has 1 aliphatic heterocycles. The molecule has 5 nitrogen and oxygen atoms in total. The third-order valence-electron chi connectivity index (χ3n) is 5.26. The number of aromatic nitrogens is 2. The minimum atomic E-state index is 0.141. The monoisotopic (exact) mass is 291 g/mol. The van der Waals surface area contributed by atoms with E-state index in [4.69, 9.17) is 4.74 Å². The quantitative estimate of drug-likeness (QED) is 0.872. The number of amides is 1. The highest BCUT2D eigenvalue weighted by atomic mass is 16.5. The maximum absolute atomic E-state index is 12.1. The van der Waals surface area contributed by atoms with Gasteiger partial charge in [-0.05, 0) is 45.1 Å². The van der Waals surface area contributed by atoms with Crippen LogP contribution in [0.25, 0.3) is 0 Å². The summed E-state index contributed by atoms with van der Waals surface area (Å²) in [5.41, 5.74) is 3.46. The Hall–Kier alpha value is -1.36. The highest BCUT2D eigenvalue weighted by Crippen LogP contribution is 2.46. The van der Waals surface area contributed by atoms with Crippen LogP contribution in [0.3, 0.4) is 0 Å². The van der Waals surface area contributed by atoms with Crippen LogP contribution >= 0.6 is 0 Å². The van der Waals surface area contributed by atoms with Gasteiger partial charge in [-0.3, -0.25) is 9.89 Å². The molecule has 0 radical (unpaired) electrons. The third-order valence-corrected chi connectivity index (χ3v) is 5.26. The highest BCUT2D eigenvalue weighted by Gasteiger charge is 2.47. The SMILES string of the molecule is Cc1n[nH]c(C)c1CCC(=O)NC[C@]12CCC[C@H]1OCC2. The van der Waals surface area contributed by atoms with Crippen LogP contribution in [0.15, 0.2) is 0 Å². The molecule has 0 unspecified atom stereocenters. The Labute approximate surface area is 125 Å². The molecule has 2 aliphatic rings. The van der Waals surface area contributed by atoms with E-state index >= 15 is 0 Å². The van der Waals surface area contributed by atoms with Crippen molar-refractivity contribution >= 4 is 5.91 Å². The van der Waals surface area contributed by atoms with Crippen LogP contribution < -0.4 is 5.32 Å². The van der Waals surface area contributed by atoms with Crippen LogP contribution in [-0.2, 0) is 16.0 Å². The Balaban J connectivity index is 1.49. The summed E-state index contributed by atoms with van der Waals surface area (Å²) < 4.78 is 5.80. The molecular weight excluding hydrogens is 266 g/mol. The largest absolute Gasteiger partial charge is 0.378 e. The van der Waals surface area contributed by atoms with Gasteiger partial charge >= 0.3 is 0 Å². The predicted molar refractivity (Wildman–Crippen MR) is 80.0 cm³/mol. The fraction of sp³-hybridized carbons (Fsp3) is 0.750. The van der Waals surface area contributed by atoms with E-state index in [-0.39, 0.29) is 11.3 Å². The number of rotatable bonds is 5. The third kappa shape index (κ3) is 2.84. The average Bonchev–Trinajstić information content (AvgIpc) is 3.10. The van der Waals surface area contributed by atoms with Crippen molar-refractivity contribution in [1.82, 2.24) is 15.5 Å². The zero-order chi connectivity index (χ0) is 14.9. The Bertz CT molecular complexity index is 494. The molecule has 21 heavy (non-hydrogen) atoms. The molecule has 3 rings (SSSR count). The van der Waals surface area contributed by atoms with E-state index < -0.39 is 0 Å². The minimum Gasteiger partial charge on any atom is -0.378 e. The lowest BCUT2D eigenvalue weighted by Gasteiger charge is -2.27. The summed E-state index contributed by atoms with van der Waals surface area (Å²) >= 11 is 0. The van der Waals surface area contributed by atoms with Gasteiger partial charge in [0.15, 0.2) is 0 Å². The molecule has 0 spiro atoms. The van der Waals surface area contributed by atoms with Crippen LogP contribution in [0.2, 0.25) is 0 Å². The fourth-order valence-electron chi connectivity index (χ4n) is 3.89. The van der Waals surface area contributed by atoms with Gasteiger partial charge in [0.05, 0.1) is 11.8 Å². The highest BCUT2D eigenvalue weighted by molar-refractivity contribution is 5.76. The molecule has 1 aromatic heterocycles. The van der Waals surface area contributed by atoms with Gasteiger partial charge in [-0.25, -0.2) is 0 Å². The van der Waals surface area contributed by atoms with Crippen molar-refractivity contribution in [3.05, 3.63) is 17.0 Å². The van der Waals surface area contributed by atoms with Gasteiger partial charge in [0.1, 0.15) is 0 Å². The lowest BCUT2D eigenvalue weighted by molar-refractivity contribution is -0.121. The van der Waals surface area contributed by atoms with E-state index in [1.165, 1.54) is 18.4 Å². The number of hydrogen-bond acceptors (Lipinski definition) is 3. The molecule has 5 heteroatoms. The zero-order valence-electron chi connectivity index (χ0n) is 13.0. The second kappa shape index (κ2) is 5.79. The molecule has 0 aromatic carbocycles. The van der Waals surface area contributed by atoms with Gasteiger partial charge in [0, 0.05) is 30.7 Å². The Morgan fingerprint density at radius 1 is 1.48 bits per heavy atom. The summed E-state index contributed by atoms with van der Waals surface area (Å²) in [7, 11) is 0. The van der Waals surface area contributed by atoms with Crippen molar-refractivity contribution in [3.63, 3.8) is 0 Å². The smallest absolute Gasteiger partial charge is 0.220 e. The Kier molecular flexibility index (Phi) is 4.02. The number of nitrogens with one attached hydrogen (secondary N) is 2. The van der Waals surface area contributed by atoms with Crippen molar-refractivity contribution in [1.29, 1.82) is 0 Å². The van der Waals surface area contributed by atoms with Gasteiger partial charge in [-0.1, -0.05) is 6.42 Å². The summed E-state index contributed by atoms with van der Waals surface area (Å²) in [6, 6.07) is 0. The lowest BCUT2D eigenvalue weighted by atomic mass is 9.83. The maximum atomic E-state index is 12.1. The van der Waals surface area contributed by atoms with Gasteiger partial charge in [-0.15, -0.1) is 0 Å². The van der Waals surface area contributed by atoms with Crippen LogP contribution in [-0.4, -0.2) is 35.4 Å². The molecular formula is C16H25N3O2. The summed E-state index contributed by atoms with van der Waals surface area (Å²) in [6.07, 6.45) is 6.33. The van der Waals surface area contributed by atoms with Crippen molar-refractivity contribution in [2.45, 2.75) is 58.5 Å². The van der Waals surface area contributed by atoms with Crippen LogP contribution in [0.4, 0.5) is 0 Å². The molecule has 1 saturated heterocycles. The van der Waals surface area contributed by atoms with E-state index in [0.29, 0.717) is 12.5 Å². The number of H-pyrrole nitrogens is 1. The molecule has 2 atom stereocenters. The first-order valence-corrected chi connectivity index (χ1v) is 7.99. The van der Waals surface area contributed by atoms with E-state index in [1.807, 2.05) is 13.8 Å². The number of aromatic amines is 1. The second-order valence-electron chi connectivity index (χ2n) is 6.55. The van der Waals surface area contributed by atoms with Gasteiger partial charge in [-0.2, -0.15) is 5.10 Å². The fourth-order valence-corrected chi connectivity index (χ4v) is 3.89. The van der Waals surface area contributed by atoms with E-state index in [9.17, 15) is 4.79 Å². The molecule has 0 bridgehead atoms. The molecule has 2 fully saturated rings. The summed E-state index contributed by atoms with van der Waals surface area (Å²) in [5.74, 6) is 0.141. The van der Waals surface area contributed by atoms with Gasteiger partial charge < -0.3 is 10.1 Å². The molecule has 1 aliphatic carbocycles. The summed E-state index contributed by atoms with van der Waals surface area (Å²) in [6.45, 7) is 5.62. The number of carbonyl (C=O) groups excluding carboxylic acids is 1. The number of nitrogens with zero attached hydrogens (tertiary/aromatic N) is 1. The molecule has 1 aromatic rings. The average molecular weight is 291 g/mol. The molecule has 1 saturated carbocycles. The van der Waals surface area contributed by atoms with Crippen molar-refractivity contribution in [2.75, 3.05) is 13.2 Å². The maximum Gasteiger partial charge on any atom is 0.220 e. The standard InChI is InChI=1S/C16H25N3O2/c1-11-13(12(2)19-18-11)5-6-15(20)17-10-16-7-3-4-14(16)21-9-8-16/h14H,3-10H2,1-2H3,(H,17,20)(H,18,19)/t14-,16-/m1/s1. The Morgan fingerprint density at radius 3 is 3.10 bits per heavy atom. The molecule has 2 heterocycles. The summed E-state index contributed by atoms with van der Waals surface area (Å²) in [5, 5.41) is 10.3. The van der Waals surface area contributed by atoms with Crippen LogP contribution in [0.5, 0.6) is 0 Å². The number of aryl methyl sites for hydroxylation is 2. The van der Waals surface area contributed by atoms with E-state index in [0.717, 1.165) is 43.8 Å². The van der Waals surface area contributed by atoms with E-state index in [2.05, 4.69) is 15.5 Å². The van der Waals surface area contributed by atoms with Crippen molar-refractivity contribution in [3.8, 4) is 0 Å². The summed E-state index contributed by atoms with van der Waals surface area (Å²) in [4.78, 5) is 12.1. The minimum absolute atomic E-state index is 0.141. The van der Waals surface area contributed by atoms with Crippen molar-refractivity contribution in [2.24, 2.45) is 5.41 Å². The number of carbonyl (C=O) groups is 1. The zero-order valence-corrected chi connectivity index (χ0v) is 13.0. The van der Waals surface area contributed by atoms with Gasteiger partial charge in [0.2, 0.25) is 5.91 Å². The van der Waals surface area contributed by atoms with Gasteiger partial charge in [0.25, 0.3) is 0 Å². The van der Waals surface area contributed by atoms with Crippen LogP contribution in [0, 0.1) is 19.3 Å². The molecule has 2 N–H and O–H groups in total. The number of fused-ring (bicyclic) bond motifs is 1. The van der Waals surface area contributed by atoms with Crippen LogP contribution in [0.1, 0.15) is 49.1 Å². The lowest BCUT2D eigenvalue weighted by Crippen LogP contribution is -2.39. The predicted octanol–water partition coefficient (Wildman–Crippen LogP) is 2.03. The number of hydrogen-bond donors (Lipinski definition) is 2. The first-order chi connectivity index (χ1) is 10.1. The molecule has 1 amide bonds. The number of ether oxygens (including phenoxy) is 1. The Morgan fingerprint density at radius 2 is 2.33 bits per heavy atom. The van der Waals surface area contributed by atoms with E-state index in [1.54, 1.807) is 0 Å². The normalized spacial score (nSPS) is 27.8. The molecule has 116 valence electrons. The topological polar surface area (TPSA) is 67.0 Å². The first-order valence-electron chi connectivity index (χ1n) is 7.99. The van der Waals surface area contributed by atoms with Crippen molar-refractivity contribution < 1.29 is 9.53 Å². The second-order valence-corrected chi connectivity index (χ2v) is 6.55.